The Kier molecular flexibility index (Phi) is 1.91. The van der Waals surface area contributed by atoms with E-state index >= 15 is 0 Å². The zero-order valence-corrected chi connectivity index (χ0v) is 7.10. The molecule has 0 aliphatic rings. The van der Waals surface area contributed by atoms with E-state index in [1.54, 1.807) is 24.3 Å². The molecule has 1 aromatic carbocycles. The van der Waals surface area contributed by atoms with Gasteiger partial charge in [0.2, 0.25) is 5.52 Å². The van der Waals surface area contributed by atoms with E-state index in [1.165, 1.54) is 6.07 Å². The summed E-state index contributed by atoms with van der Waals surface area (Å²) in [6.45, 7) is 0. The number of hydrogen-bond acceptors (Lipinski definition) is 0. The molecule has 0 saturated heterocycles. The van der Waals surface area contributed by atoms with Crippen molar-refractivity contribution in [3.63, 3.8) is 0 Å². The Bertz CT molecular complexity index is 462. The predicted octanol–water partition coefficient (Wildman–Crippen LogP) is 2.67. The quantitative estimate of drug-likeness (QED) is 0.618. The second-order valence-corrected chi connectivity index (χ2v) is 2.96. The summed E-state index contributed by atoms with van der Waals surface area (Å²) in [7, 11) is 0. The van der Waals surface area contributed by atoms with Crippen molar-refractivity contribution >= 4 is 10.9 Å². The van der Waals surface area contributed by atoms with Gasteiger partial charge >= 0.3 is 6.18 Å². The zero-order valence-electron chi connectivity index (χ0n) is 7.10. The number of alkyl halides is 3. The molecule has 1 nitrogen and oxygen atoms in total. The van der Waals surface area contributed by atoms with Gasteiger partial charge in [0, 0.05) is 17.5 Å². The molecular weight excluding hydrogens is 191 g/mol. The van der Waals surface area contributed by atoms with Gasteiger partial charge in [-0.15, -0.1) is 0 Å². The third kappa shape index (κ3) is 1.55. The van der Waals surface area contributed by atoms with E-state index in [2.05, 4.69) is 4.98 Å². The predicted molar refractivity (Wildman–Crippen MR) is 45.5 cm³/mol. The van der Waals surface area contributed by atoms with E-state index < -0.39 is 11.9 Å². The Morgan fingerprint density at radius 2 is 1.64 bits per heavy atom. The third-order valence-electron chi connectivity index (χ3n) is 1.97. The molecule has 2 rings (SSSR count). The summed E-state index contributed by atoms with van der Waals surface area (Å²) in [5, 5.41) is 0.764. The summed E-state index contributed by atoms with van der Waals surface area (Å²) in [5.41, 5.74) is -0.237. The highest BCUT2D eigenvalue weighted by Crippen LogP contribution is 2.26. The molecule has 0 amide bonds. The molecule has 4 heteroatoms. The van der Waals surface area contributed by atoms with Gasteiger partial charge in [0.15, 0.2) is 0 Å². The number of aromatic nitrogens is 1. The molecule has 1 N–H and O–H groups in total. The molecule has 0 aliphatic heterocycles. The average Bonchev–Trinajstić information content (AvgIpc) is 2.16. The Balaban J connectivity index is 2.63. The SMILES string of the molecule is FC(F)(F)c1ccc2ccccc2[nH+]1. The van der Waals surface area contributed by atoms with Crippen LogP contribution in [0.4, 0.5) is 13.2 Å². The van der Waals surface area contributed by atoms with Crippen LogP contribution < -0.4 is 4.98 Å². The second-order valence-electron chi connectivity index (χ2n) is 2.96. The lowest BCUT2D eigenvalue weighted by Gasteiger charge is -2.00. The Labute approximate surface area is 78.2 Å². The highest BCUT2D eigenvalue weighted by Gasteiger charge is 2.37. The van der Waals surface area contributed by atoms with Crippen LogP contribution in [0.3, 0.4) is 0 Å². The maximum atomic E-state index is 12.3. The van der Waals surface area contributed by atoms with Gasteiger partial charge in [-0.25, -0.2) is 4.98 Å². The molecule has 0 spiro atoms. The largest absolute Gasteiger partial charge is 0.477 e. The van der Waals surface area contributed by atoms with Gasteiger partial charge in [0.25, 0.3) is 5.69 Å². The topological polar surface area (TPSA) is 14.1 Å². The number of H-pyrrole nitrogens is 1. The van der Waals surface area contributed by atoms with Crippen LogP contribution >= 0.6 is 0 Å². The van der Waals surface area contributed by atoms with Crippen molar-refractivity contribution in [3.8, 4) is 0 Å². The van der Waals surface area contributed by atoms with Gasteiger partial charge < -0.3 is 0 Å². The summed E-state index contributed by atoms with van der Waals surface area (Å²) < 4.78 is 36.9. The number of fused-ring (bicyclic) bond motifs is 1. The molecule has 1 aromatic heterocycles. The molecule has 2 aromatic rings. The van der Waals surface area contributed by atoms with Crippen molar-refractivity contribution in [1.82, 2.24) is 0 Å². The van der Waals surface area contributed by atoms with Crippen LogP contribution in [0.25, 0.3) is 10.9 Å². The Morgan fingerprint density at radius 1 is 0.929 bits per heavy atom. The molecule has 0 fully saturated rings. The van der Waals surface area contributed by atoms with Crippen LogP contribution in [0.5, 0.6) is 0 Å². The summed E-state index contributed by atoms with van der Waals surface area (Å²) >= 11 is 0. The van der Waals surface area contributed by atoms with E-state index in [9.17, 15) is 13.2 Å². The molecular formula is C10H7F3N+. The first kappa shape index (κ1) is 8.99. The number of para-hydroxylation sites is 1. The Morgan fingerprint density at radius 3 is 2.36 bits per heavy atom. The molecule has 0 saturated carbocycles. The number of pyridine rings is 1. The maximum Gasteiger partial charge on any atom is 0.477 e. The van der Waals surface area contributed by atoms with E-state index in [4.69, 9.17) is 0 Å². The average molecular weight is 198 g/mol. The molecule has 0 aliphatic carbocycles. The highest BCUT2D eigenvalue weighted by atomic mass is 19.4. The van der Waals surface area contributed by atoms with Crippen LogP contribution in [0.1, 0.15) is 5.69 Å². The van der Waals surface area contributed by atoms with Crippen molar-refractivity contribution in [1.29, 1.82) is 0 Å². The van der Waals surface area contributed by atoms with E-state index in [1.807, 2.05) is 0 Å². The molecule has 0 radical (unpaired) electrons. The van der Waals surface area contributed by atoms with Crippen molar-refractivity contribution in [2.45, 2.75) is 6.18 Å². The first-order valence-corrected chi connectivity index (χ1v) is 4.05. The number of rotatable bonds is 0. The van der Waals surface area contributed by atoms with Gasteiger partial charge in [0.1, 0.15) is 0 Å². The monoisotopic (exact) mass is 198 g/mol. The Hall–Kier alpha value is -1.58. The van der Waals surface area contributed by atoms with Gasteiger partial charge in [-0.05, 0) is 12.1 Å². The minimum Gasteiger partial charge on any atom is -0.201 e. The standard InChI is InChI=1S/C10H6F3N/c11-10(12,13)9-6-5-7-3-1-2-4-8(7)14-9/h1-6H/p+1. The molecule has 0 atom stereocenters. The first-order valence-electron chi connectivity index (χ1n) is 4.05. The number of halogens is 3. The fourth-order valence-corrected chi connectivity index (χ4v) is 1.28. The van der Waals surface area contributed by atoms with Crippen LogP contribution in [-0.4, -0.2) is 0 Å². The minimum atomic E-state index is -4.32. The molecule has 72 valence electrons. The molecule has 1 heterocycles. The highest BCUT2D eigenvalue weighted by molar-refractivity contribution is 5.74. The van der Waals surface area contributed by atoms with Crippen molar-refractivity contribution in [2.24, 2.45) is 0 Å². The normalized spacial score (nSPS) is 11.9. The van der Waals surface area contributed by atoms with Gasteiger partial charge in [0.05, 0.1) is 0 Å². The summed E-state index contributed by atoms with van der Waals surface area (Å²) in [5.74, 6) is 0. The lowest BCUT2D eigenvalue weighted by atomic mass is 10.2. The zero-order chi connectivity index (χ0) is 10.2. The lowest BCUT2D eigenvalue weighted by Crippen LogP contribution is -2.21. The first-order chi connectivity index (χ1) is 6.57. The number of hydrogen-bond donors (Lipinski definition) is 0. The smallest absolute Gasteiger partial charge is 0.201 e. The van der Waals surface area contributed by atoms with Gasteiger partial charge in [-0.3, -0.25) is 0 Å². The van der Waals surface area contributed by atoms with Crippen LogP contribution in [0, 0.1) is 0 Å². The van der Waals surface area contributed by atoms with Crippen LogP contribution in [-0.2, 0) is 6.18 Å². The fraction of sp³-hybridized carbons (Fsp3) is 0.100. The molecule has 14 heavy (non-hydrogen) atoms. The molecule has 0 bridgehead atoms. The van der Waals surface area contributed by atoms with Crippen molar-refractivity contribution in [2.75, 3.05) is 0 Å². The summed E-state index contributed by atoms with van der Waals surface area (Å²) in [4.78, 5) is 2.34. The fourth-order valence-electron chi connectivity index (χ4n) is 1.28. The molecule has 0 unspecified atom stereocenters. The van der Waals surface area contributed by atoms with E-state index in [-0.39, 0.29) is 0 Å². The maximum absolute atomic E-state index is 12.3. The van der Waals surface area contributed by atoms with E-state index in [0.717, 1.165) is 11.5 Å². The third-order valence-corrected chi connectivity index (χ3v) is 1.97. The summed E-state index contributed by atoms with van der Waals surface area (Å²) in [6, 6.07) is 9.34. The van der Waals surface area contributed by atoms with Crippen LogP contribution in [0.15, 0.2) is 36.4 Å². The number of nitrogens with one attached hydrogen (secondary N) is 1. The lowest BCUT2D eigenvalue weighted by molar-refractivity contribution is -0.398. The van der Waals surface area contributed by atoms with Gasteiger partial charge in [-0.2, -0.15) is 13.2 Å². The second kappa shape index (κ2) is 2.97. The van der Waals surface area contributed by atoms with E-state index in [0.29, 0.717) is 5.52 Å². The van der Waals surface area contributed by atoms with Crippen LogP contribution in [0.2, 0.25) is 0 Å². The number of benzene rings is 1. The minimum absolute atomic E-state index is 0.488. The van der Waals surface area contributed by atoms with Gasteiger partial charge in [-0.1, -0.05) is 12.1 Å². The number of aromatic amines is 1. The summed E-state index contributed by atoms with van der Waals surface area (Å²) in [6.07, 6.45) is -4.32. The van der Waals surface area contributed by atoms with Crippen molar-refractivity contribution in [3.05, 3.63) is 42.1 Å². The van der Waals surface area contributed by atoms with Crippen molar-refractivity contribution < 1.29 is 18.2 Å².